The Hall–Kier alpha value is -2.40. The first-order valence-corrected chi connectivity index (χ1v) is 4.10. The molecule has 0 bridgehead atoms. The van der Waals surface area contributed by atoms with Crippen LogP contribution < -0.4 is 11.2 Å². The number of carboxylic acid groups (broad SMARTS) is 1. The average Bonchev–Trinajstić information content (AvgIpc) is 2.21. The molecule has 16 heavy (non-hydrogen) atoms. The molecule has 8 nitrogen and oxygen atoms in total. The second-order valence-electron chi connectivity index (χ2n) is 2.86. The molecule has 1 atom stereocenters. The number of aliphatic hydroxyl groups is 1. The van der Waals surface area contributed by atoms with Crippen LogP contribution in [0.25, 0.3) is 0 Å². The molecule has 1 aromatic heterocycles. The maximum Gasteiger partial charge on any atom is 0.329 e. The van der Waals surface area contributed by atoms with Gasteiger partial charge in [0.2, 0.25) is 0 Å². The lowest BCUT2D eigenvalue weighted by molar-refractivity contribution is -0.142. The number of carboxylic acids is 1. The Morgan fingerprint density at radius 3 is 2.69 bits per heavy atom. The van der Waals surface area contributed by atoms with Crippen molar-refractivity contribution in [1.29, 1.82) is 5.26 Å². The highest BCUT2D eigenvalue weighted by Gasteiger charge is 2.20. The van der Waals surface area contributed by atoms with Gasteiger partial charge in [-0.25, -0.2) is 9.59 Å². The summed E-state index contributed by atoms with van der Waals surface area (Å²) in [6.07, 6.45) is 0.802. The van der Waals surface area contributed by atoms with Crippen molar-refractivity contribution < 1.29 is 15.0 Å². The molecule has 0 unspecified atom stereocenters. The summed E-state index contributed by atoms with van der Waals surface area (Å²) in [4.78, 5) is 34.7. The number of H-pyrrole nitrogens is 1. The first kappa shape index (κ1) is 11.7. The maximum atomic E-state index is 11.2. The van der Waals surface area contributed by atoms with Gasteiger partial charge >= 0.3 is 11.7 Å². The molecule has 0 saturated carbocycles. The van der Waals surface area contributed by atoms with Crippen molar-refractivity contribution in [1.82, 2.24) is 9.55 Å². The van der Waals surface area contributed by atoms with Crippen molar-refractivity contribution in [2.75, 3.05) is 6.61 Å². The van der Waals surface area contributed by atoms with Gasteiger partial charge < -0.3 is 10.2 Å². The van der Waals surface area contributed by atoms with E-state index in [2.05, 4.69) is 0 Å². The van der Waals surface area contributed by atoms with Gasteiger partial charge in [0.05, 0.1) is 6.61 Å². The van der Waals surface area contributed by atoms with E-state index in [9.17, 15) is 14.4 Å². The van der Waals surface area contributed by atoms with Crippen LogP contribution in [0.4, 0.5) is 0 Å². The van der Waals surface area contributed by atoms with E-state index in [-0.39, 0.29) is 0 Å². The minimum absolute atomic E-state index is 0.403. The summed E-state index contributed by atoms with van der Waals surface area (Å²) in [6, 6.07) is -0.0284. The van der Waals surface area contributed by atoms with Crippen LogP contribution in [0.1, 0.15) is 11.6 Å². The van der Waals surface area contributed by atoms with Crippen molar-refractivity contribution in [3.63, 3.8) is 0 Å². The lowest BCUT2D eigenvalue weighted by Crippen LogP contribution is -2.37. The van der Waals surface area contributed by atoms with Gasteiger partial charge in [0.15, 0.2) is 6.04 Å². The van der Waals surface area contributed by atoms with Crippen LogP contribution in [0.2, 0.25) is 0 Å². The molecule has 0 saturated heterocycles. The topological polar surface area (TPSA) is 136 Å². The predicted molar refractivity (Wildman–Crippen MR) is 49.8 cm³/mol. The van der Waals surface area contributed by atoms with E-state index < -0.39 is 35.4 Å². The molecular weight excluding hydrogens is 218 g/mol. The van der Waals surface area contributed by atoms with Gasteiger partial charge in [-0.1, -0.05) is 0 Å². The zero-order chi connectivity index (χ0) is 12.3. The van der Waals surface area contributed by atoms with Crippen LogP contribution in [0.3, 0.4) is 0 Å². The van der Waals surface area contributed by atoms with E-state index >= 15 is 0 Å². The van der Waals surface area contributed by atoms with Crippen LogP contribution in [0.5, 0.6) is 0 Å². The Labute approximate surface area is 88.0 Å². The Morgan fingerprint density at radius 2 is 2.25 bits per heavy atom. The molecule has 1 aromatic rings. The SMILES string of the molecule is N#Cc1cn([C@@H](CO)C(=O)O)c(=O)[nH]c1=O. The van der Waals surface area contributed by atoms with Gasteiger partial charge in [-0.05, 0) is 0 Å². The summed E-state index contributed by atoms with van der Waals surface area (Å²) in [5, 5.41) is 26.0. The number of nitrogens with one attached hydrogen (secondary N) is 1. The maximum absolute atomic E-state index is 11.2. The number of aromatic amines is 1. The molecule has 0 fully saturated rings. The number of nitriles is 1. The summed E-state index contributed by atoms with van der Waals surface area (Å²) >= 11 is 0. The highest BCUT2D eigenvalue weighted by molar-refractivity contribution is 5.71. The summed E-state index contributed by atoms with van der Waals surface area (Å²) in [6.45, 7) is -0.827. The molecule has 3 N–H and O–H groups in total. The number of carbonyl (C=O) groups is 1. The van der Waals surface area contributed by atoms with Gasteiger partial charge in [0.25, 0.3) is 5.56 Å². The fourth-order valence-corrected chi connectivity index (χ4v) is 1.08. The number of rotatable bonds is 3. The van der Waals surface area contributed by atoms with E-state index in [1.807, 2.05) is 0 Å². The number of hydrogen-bond acceptors (Lipinski definition) is 5. The van der Waals surface area contributed by atoms with Crippen molar-refractivity contribution in [2.45, 2.75) is 6.04 Å². The van der Waals surface area contributed by atoms with Crippen molar-refractivity contribution >= 4 is 5.97 Å². The lowest BCUT2D eigenvalue weighted by Gasteiger charge is -2.11. The molecule has 84 valence electrons. The van der Waals surface area contributed by atoms with Crippen LogP contribution in [0, 0.1) is 11.3 Å². The largest absolute Gasteiger partial charge is 0.480 e. The molecule has 0 spiro atoms. The summed E-state index contributed by atoms with van der Waals surface area (Å²) in [5.74, 6) is -1.44. The molecule has 0 amide bonds. The van der Waals surface area contributed by atoms with Crippen LogP contribution in [-0.4, -0.2) is 32.3 Å². The van der Waals surface area contributed by atoms with E-state index in [1.165, 1.54) is 6.07 Å². The summed E-state index contributed by atoms with van der Waals surface area (Å²) in [7, 11) is 0. The summed E-state index contributed by atoms with van der Waals surface area (Å²) in [5.41, 5.74) is -2.30. The molecule has 0 aliphatic heterocycles. The van der Waals surface area contributed by atoms with E-state index in [4.69, 9.17) is 15.5 Å². The molecule has 0 aromatic carbocycles. The number of hydrogen-bond donors (Lipinski definition) is 3. The molecule has 8 heteroatoms. The molecule has 0 aliphatic carbocycles. The van der Waals surface area contributed by atoms with E-state index in [0.29, 0.717) is 4.57 Å². The zero-order valence-electron chi connectivity index (χ0n) is 7.88. The van der Waals surface area contributed by atoms with Crippen molar-refractivity contribution in [2.24, 2.45) is 0 Å². The zero-order valence-corrected chi connectivity index (χ0v) is 7.88. The highest BCUT2D eigenvalue weighted by atomic mass is 16.4. The van der Waals surface area contributed by atoms with Crippen LogP contribution in [0.15, 0.2) is 15.8 Å². The van der Waals surface area contributed by atoms with Crippen molar-refractivity contribution in [3.05, 3.63) is 32.6 Å². The average molecular weight is 225 g/mol. The van der Waals surface area contributed by atoms with Crippen molar-refractivity contribution in [3.8, 4) is 6.07 Å². The lowest BCUT2D eigenvalue weighted by atomic mass is 10.3. The van der Waals surface area contributed by atoms with Gasteiger partial charge in [0.1, 0.15) is 11.6 Å². The minimum Gasteiger partial charge on any atom is -0.480 e. The molecule has 1 heterocycles. The fourth-order valence-electron chi connectivity index (χ4n) is 1.08. The van der Waals surface area contributed by atoms with Gasteiger partial charge in [0, 0.05) is 6.20 Å². The predicted octanol–water partition coefficient (Wildman–Crippen LogP) is -1.97. The van der Waals surface area contributed by atoms with Gasteiger partial charge in [-0.15, -0.1) is 0 Å². The monoisotopic (exact) mass is 225 g/mol. The first-order chi connectivity index (χ1) is 7.51. The number of aromatic nitrogens is 2. The second-order valence-corrected chi connectivity index (χ2v) is 2.86. The third kappa shape index (κ3) is 1.99. The van der Waals surface area contributed by atoms with Crippen LogP contribution in [-0.2, 0) is 4.79 Å². The minimum atomic E-state index is -1.53. The highest BCUT2D eigenvalue weighted by Crippen LogP contribution is 2.01. The number of nitrogens with zero attached hydrogens (tertiary/aromatic N) is 2. The third-order valence-corrected chi connectivity index (χ3v) is 1.88. The number of aliphatic carboxylic acids is 1. The van der Waals surface area contributed by atoms with Gasteiger partial charge in [-0.2, -0.15) is 5.26 Å². The summed E-state index contributed by atoms with van der Waals surface area (Å²) < 4.78 is 0.586. The second kappa shape index (κ2) is 4.41. The Kier molecular flexibility index (Phi) is 3.22. The van der Waals surface area contributed by atoms with Gasteiger partial charge in [-0.3, -0.25) is 14.3 Å². The molecule has 0 aliphatic rings. The van der Waals surface area contributed by atoms with Crippen LogP contribution >= 0.6 is 0 Å². The normalized spacial score (nSPS) is 11.8. The number of aliphatic hydroxyl groups excluding tert-OH is 1. The quantitative estimate of drug-likeness (QED) is 0.545. The van der Waals surface area contributed by atoms with E-state index in [1.54, 1.807) is 4.98 Å². The molecular formula is C8H7N3O5. The molecule has 0 radical (unpaired) electrons. The standard InChI is InChI=1S/C8H7N3O5/c9-1-4-2-11(5(3-12)7(14)15)8(16)10-6(4)13/h2,5,12H,3H2,(H,14,15)(H,10,13,16)/t5-/m0/s1. The smallest absolute Gasteiger partial charge is 0.329 e. The fraction of sp³-hybridized carbons (Fsp3) is 0.250. The molecule has 1 rings (SSSR count). The first-order valence-electron chi connectivity index (χ1n) is 4.10. The van der Waals surface area contributed by atoms with E-state index in [0.717, 1.165) is 6.20 Å². The third-order valence-electron chi connectivity index (χ3n) is 1.88. The Bertz CT molecular complexity index is 564. The Morgan fingerprint density at radius 1 is 1.62 bits per heavy atom. The Balaban J connectivity index is 3.46.